The molecule has 3 atom stereocenters. The molecule has 2 N–H and O–H groups in total. The molecule has 0 spiro atoms. The number of carbonyl (C=O) groups excluding carboxylic acids is 1. The number of para-hydroxylation sites is 1. The van der Waals surface area contributed by atoms with Crippen molar-refractivity contribution < 1.29 is 13.2 Å². The molecule has 0 saturated heterocycles. The summed E-state index contributed by atoms with van der Waals surface area (Å²) in [6, 6.07) is 16.0. The van der Waals surface area contributed by atoms with Crippen LogP contribution in [0.4, 0.5) is 5.69 Å². The molecule has 3 rings (SSSR count). The Morgan fingerprint density at radius 3 is 2.42 bits per heavy atom. The van der Waals surface area contributed by atoms with Crippen LogP contribution in [0.2, 0.25) is 0 Å². The Bertz CT molecular complexity index is 1050. The molecular formula is C23H30N4O3S. The van der Waals surface area contributed by atoms with Crippen molar-refractivity contribution in [1.29, 1.82) is 0 Å². The molecule has 166 valence electrons. The Labute approximate surface area is 184 Å². The van der Waals surface area contributed by atoms with Crippen molar-refractivity contribution in [1.82, 2.24) is 10.0 Å². The second-order valence-corrected chi connectivity index (χ2v) is 9.60. The van der Waals surface area contributed by atoms with Gasteiger partial charge in [0.05, 0.1) is 4.90 Å². The minimum absolute atomic E-state index is 0.0491. The van der Waals surface area contributed by atoms with Crippen molar-refractivity contribution in [3.63, 3.8) is 0 Å². The highest BCUT2D eigenvalue weighted by molar-refractivity contribution is 7.90. The SMILES string of the molecule is CC[C@H](C)[C@H](N=C1NS(=O)(=O)c2ccccc21)C(=O)NCC(C)N(C)c1ccccc1. The fourth-order valence-corrected chi connectivity index (χ4v) is 4.68. The summed E-state index contributed by atoms with van der Waals surface area (Å²) >= 11 is 0. The van der Waals surface area contributed by atoms with E-state index in [-0.39, 0.29) is 28.6 Å². The quantitative estimate of drug-likeness (QED) is 0.658. The standard InChI is InChI=1S/C23H30N4O3S/c1-5-16(2)21(25-22-19-13-9-10-14-20(19)31(29,30)26-22)23(28)24-15-17(3)27(4)18-11-7-6-8-12-18/h6-14,16-17,21H,5,15H2,1-4H3,(H,24,28)(H,25,26)/t16-,17?,21-/m0/s1. The number of benzene rings is 2. The number of anilines is 1. The van der Waals surface area contributed by atoms with Gasteiger partial charge in [-0.1, -0.05) is 50.6 Å². The summed E-state index contributed by atoms with van der Waals surface area (Å²) < 4.78 is 27.3. The van der Waals surface area contributed by atoms with Gasteiger partial charge in [-0.05, 0) is 37.1 Å². The predicted molar refractivity (Wildman–Crippen MR) is 124 cm³/mol. The van der Waals surface area contributed by atoms with E-state index >= 15 is 0 Å². The topological polar surface area (TPSA) is 90.9 Å². The van der Waals surface area contributed by atoms with E-state index in [2.05, 4.69) is 19.9 Å². The number of amides is 1. The van der Waals surface area contributed by atoms with Gasteiger partial charge >= 0.3 is 0 Å². The minimum atomic E-state index is -3.65. The first-order chi connectivity index (χ1) is 14.7. The number of likely N-dealkylation sites (N-methyl/N-ethyl adjacent to an activating group) is 1. The molecule has 1 aliphatic rings. The van der Waals surface area contributed by atoms with Gasteiger partial charge in [-0.3, -0.25) is 14.5 Å². The summed E-state index contributed by atoms with van der Waals surface area (Å²) in [7, 11) is -1.66. The van der Waals surface area contributed by atoms with Crippen LogP contribution in [0.1, 0.15) is 32.8 Å². The van der Waals surface area contributed by atoms with E-state index in [4.69, 9.17) is 0 Å². The van der Waals surface area contributed by atoms with Gasteiger partial charge in [0.15, 0.2) is 0 Å². The lowest BCUT2D eigenvalue weighted by molar-refractivity contribution is -0.123. The number of amidine groups is 1. The van der Waals surface area contributed by atoms with E-state index in [1.54, 1.807) is 24.3 Å². The number of hydrogen-bond donors (Lipinski definition) is 2. The highest BCUT2D eigenvalue weighted by Gasteiger charge is 2.33. The predicted octanol–water partition coefficient (Wildman–Crippen LogP) is 2.78. The third-order valence-electron chi connectivity index (χ3n) is 5.78. The van der Waals surface area contributed by atoms with E-state index in [0.717, 1.165) is 12.1 Å². The average molecular weight is 443 g/mol. The Kier molecular flexibility index (Phi) is 7.00. The molecule has 31 heavy (non-hydrogen) atoms. The summed E-state index contributed by atoms with van der Waals surface area (Å²) in [5, 5.41) is 3.00. The number of aliphatic imine (C=N–C) groups is 1. The van der Waals surface area contributed by atoms with Crippen LogP contribution in [0.15, 0.2) is 64.5 Å². The molecule has 2 aromatic rings. The third kappa shape index (κ3) is 5.07. The van der Waals surface area contributed by atoms with E-state index in [0.29, 0.717) is 12.1 Å². The van der Waals surface area contributed by atoms with Gasteiger partial charge in [0.1, 0.15) is 11.9 Å². The van der Waals surface area contributed by atoms with E-state index in [9.17, 15) is 13.2 Å². The van der Waals surface area contributed by atoms with Crippen molar-refractivity contribution in [3.8, 4) is 0 Å². The molecular weight excluding hydrogens is 412 g/mol. The van der Waals surface area contributed by atoms with Crippen molar-refractivity contribution >= 4 is 27.5 Å². The molecule has 0 radical (unpaired) electrons. The summed E-state index contributed by atoms with van der Waals surface area (Å²) in [6.07, 6.45) is 0.739. The number of sulfonamides is 1. The first kappa shape index (κ1) is 22.8. The van der Waals surface area contributed by atoms with Gasteiger partial charge < -0.3 is 10.2 Å². The largest absolute Gasteiger partial charge is 0.370 e. The number of nitrogens with one attached hydrogen (secondary N) is 2. The minimum Gasteiger partial charge on any atom is -0.370 e. The molecule has 0 aromatic heterocycles. The zero-order valence-corrected chi connectivity index (χ0v) is 19.2. The van der Waals surface area contributed by atoms with E-state index < -0.39 is 16.1 Å². The molecule has 0 fully saturated rings. The maximum atomic E-state index is 13.1. The van der Waals surface area contributed by atoms with Crippen LogP contribution >= 0.6 is 0 Å². The lowest BCUT2D eigenvalue weighted by Crippen LogP contribution is -2.45. The highest BCUT2D eigenvalue weighted by Crippen LogP contribution is 2.24. The third-order valence-corrected chi connectivity index (χ3v) is 7.18. The number of rotatable bonds is 8. The van der Waals surface area contributed by atoms with Gasteiger partial charge in [0.25, 0.3) is 10.0 Å². The molecule has 0 aliphatic carbocycles. The lowest BCUT2D eigenvalue weighted by Gasteiger charge is -2.28. The van der Waals surface area contributed by atoms with Crippen LogP contribution < -0.4 is 14.9 Å². The number of hydrogen-bond acceptors (Lipinski definition) is 5. The molecule has 1 amide bonds. The second kappa shape index (κ2) is 9.51. The summed E-state index contributed by atoms with van der Waals surface area (Å²) in [6.45, 7) is 6.43. The number of fused-ring (bicyclic) bond motifs is 1. The van der Waals surface area contributed by atoms with Gasteiger partial charge in [0, 0.05) is 30.9 Å². The maximum Gasteiger partial charge on any atom is 0.263 e. The Hall–Kier alpha value is -2.87. The molecule has 1 heterocycles. The first-order valence-electron chi connectivity index (χ1n) is 10.5. The van der Waals surface area contributed by atoms with Crippen LogP contribution in [-0.4, -0.2) is 45.8 Å². The highest BCUT2D eigenvalue weighted by atomic mass is 32.2. The Balaban J connectivity index is 1.76. The second-order valence-electron chi connectivity index (χ2n) is 7.95. The fraction of sp³-hybridized carbons (Fsp3) is 0.391. The zero-order valence-electron chi connectivity index (χ0n) is 18.4. The van der Waals surface area contributed by atoms with Crippen molar-refractivity contribution in [2.75, 3.05) is 18.5 Å². The summed E-state index contributed by atoms with van der Waals surface area (Å²) in [5.74, 6) is -0.0313. The van der Waals surface area contributed by atoms with Gasteiger partial charge in [-0.15, -0.1) is 0 Å². The van der Waals surface area contributed by atoms with Crippen LogP contribution in [0, 0.1) is 5.92 Å². The van der Waals surface area contributed by atoms with E-state index in [1.165, 1.54) is 0 Å². The lowest BCUT2D eigenvalue weighted by atomic mass is 9.98. The maximum absolute atomic E-state index is 13.1. The van der Waals surface area contributed by atoms with Crippen LogP contribution in [-0.2, 0) is 14.8 Å². The molecule has 2 aromatic carbocycles. The van der Waals surface area contributed by atoms with Crippen LogP contribution in [0.5, 0.6) is 0 Å². The molecule has 8 heteroatoms. The molecule has 7 nitrogen and oxygen atoms in total. The van der Waals surface area contributed by atoms with Gasteiger partial charge in [-0.2, -0.15) is 0 Å². The smallest absolute Gasteiger partial charge is 0.263 e. The van der Waals surface area contributed by atoms with E-state index in [1.807, 2.05) is 58.2 Å². The Morgan fingerprint density at radius 1 is 1.10 bits per heavy atom. The summed E-state index contributed by atoms with van der Waals surface area (Å²) in [5.41, 5.74) is 1.57. The van der Waals surface area contributed by atoms with Crippen molar-refractivity contribution in [2.45, 2.75) is 44.2 Å². The normalized spacial score (nSPS) is 18.5. The molecule has 1 unspecified atom stereocenters. The van der Waals surface area contributed by atoms with Crippen LogP contribution in [0.25, 0.3) is 0 Å². The molecule has 1 aliphatic heterocycles. The molecule has 0 bridgehead atoms. The number of nitrogens with zero attached hydrogens (tertiary/aromatic N) is 2. The monoisotopic (exact) mass is 442 g/mol. The zero-order chi connectivity index (χ0) is 22.6. The van der Waals surface area contributed by atoms with Crippen molar-refractivity contribution in [2.24, 2.45) is 10.9 Å². The van der Waals surface area contributed by atoms with Gasteiger partial charge in [0.2, 0.25) is 5.91 Å². The Morgan fingerprint density at radius 2 is 1.74 bits per heavy atom. The first-order valence-corrected chi connectivity index (χ1v) is 12.0. The summed E-state index contributed by atoms with van der Waals surface area (Å²) in [4.78, 5) is 19.9. The average Bonchev–Trinajstić information content (AvgIpc) is 3.05. The fourth-order valence-electron chi connectivity index (χ4n) is 3.44. The number of carbonyl (C=O) groups is 1. The van der Waals surface area contributed by atoms with Crippen LogP contribution in [0.3, 0.4) is 0 Å². The van der Waals surface area contributed by atoms with Gasteiger partial charge in [-0.25, -0.2) is 8.42 Å². The van der Waals surface area contributed by atoms with Crippen molar-refractivity contribution in [3.05, 3.63) is 60.2 Å². The molecule has 0 saturated carbocycles.